The molecular formula is C21H17N3O. The van der Waals surface area contributed by atoms with Gasteiger partial charge in [0.2, 0.25) is 0 Å². The molecule has 3 aromatic rings. The molecule has 2 heterocycles. The van der Waals surface area contributed by atoms with Crippen LogP contribution >= 0.6 is 0 Å². The Hall–Kier alpha value is -2.90. The molecule has 1 aromatic heterocycles. The van der Waals surface area contributed by atoms with Gasteiger partial charge in [-0.05, 0) is 41.7 Å². The van der Waals surface area contributed by atoms with E-state index in [0.29, 0.717) is 5.56 Å². The minimum atomic E-state index is -0.580. The molecule has 0 spiro atoms. The lowest BCUT2D eigenvalue weighted by atomic mass is 9.75. The predicted octanol–water partition coefficient (Wildman–Crippen LogP) is 3.62. The fraction of sp³-hybridized carbons (Fsp3) is 0.238. The van der Waals surface area contributed by atoms with Crippen molar-refractivity contribution in [3.05, 3.63) is 77.2 Å². The van der Waals surface area contributed by atoms with Crippen LogP contribution in [0, 0.1) is 17.2 Å². The van der Waals surface area contributed by atoms with Gasteiger partial charge in [-0.1, -0.05) is 30.3 Å². The van der Waals surface area contributed by atoms with E-state index in [4.69, 9.17) is 0 Å². The molecule has 1 aliphatic carbocycles. The van der Waals surface area contributed by atoms with E-state index < -0.39 is 6.10 Å². The number of fused-ring (bicyclic) bond motifs is 4. The van der Waals surface area contributed by atoms with Crippen molar-refractivity contribution >= 4 is 0 Å². The van der Waals surface area contributed by atoms with E-state index >= 15 is 0 Å². The van der Waals surface area contributed by atoms with E-state index in [1.54, 1.807) is 0 Å². The predicted molar refractivity (Wildman–Crippen MR) is 93.7 cm³/mol. The number of nitriles is 1. The molecule has 1 unspecified atom stereocenters. The SMILES string of the molecule is N#Cc1ccc2c(c1)[C@@H](O)[C@@H](C1c3ccccc3-c3cncn31)CC2. The van der Waals surface area contributed by atoms with Crippen molar-refractivity contribution < 1.29 is 5.11 Å². The maximum absolute atomic E-state index is 11.1. The molecule has 0 radical (unpaired) electrons. The van der Waals surface area contributed by atoms with Crippen LogP contribution in [0.4, 0.5) is 0 Å². The summed E-state index contributed by atoms with van der Waals surface area (Å²) >= 11 is 0. The van der Waals surface area contributed by atoms with Gasteiger partial charge in [0, 0.05) is 11.5 Å². The molecule has 0 saturated heterocycles. The van der Waals surface area contributed by atoms with Crippen LogP contribution in [0.5, 0.6) is 0 Å². The molecule has 1 aliphatic heterocycles. The van der Waals surface area contributed by atoms with E-state index in [-0.39, 0.29) is 12.0 Å². The number of aryl methyl sites for hydroxylation is 1. The molecule has 122 valence electrons. The molecule has 1 N–H and O–H groups in total. The van der Waals surface area contributed by atoms with Crippen molar-refractivity contribution in [1.82, 2.24) is 9.55 Å². The molecule has 0 saturated carbocycles. The van der Waals surface area contributed by atoms with Crippen LogP contribution < -0.4 is 0 Å². The molecule has 0 amide bonds. The van der Waals surface area contributed by atoms with Crippen LogP contribution in [0.25, 0.3) is 11.3 Å². The molecule has 2 aromatic carbocycles. The summed E-state index contributed by atoms with van der Waals surface area (Å²) in [6.45, 7) is 0. The largest absolute Gasteiger partial charge is 0.388 e. The smallest absolute Gasteiger partial charge is 0.0991 e. The lowest BCUT2D eigenvalue weighted by molar-refractivity contribution is 0.0720. The van der Waals surface area contributed by atoms with Crippen LogP contribution in [0.3, 0.4) is 0 Å². The normalized spacial score (nSPS) is 23.4. The summed E-state index contributed by atoms with van der Waals surface area (Å²) in [5, 5.41) is 20.3. The third kappa shape index (κ3) is 2.00. The van der Waals surface area contributed by atoms with E-state index in [0.717, 1.165) is 29.7 Å². The van der Waals surface area contributed by atoms with Crippen molar-refractivity contribution in [3.8, 4) is 17.3 Å². The van der Waals surface area contributed by atoms with Crippen LogP contribution in [0.2, 0.25) is 0 Å². The average molecular weight is 327 g/mol. The molecule has 2 aliphatic rings. The molecule has 0 bridgehead atoms. The fourth-order valence-corrected chi connectivity index (χ4v) is 4.52. The lowest BCUT2D eigenvalue weighted by Crippen LogP contribution is -2.28. The second kappa shape index (κ2) is 5.30. The third-order valence-electron chi connectivity index (χ3n) is 5.67. The first-order chi connectivity index (χ1) is 12.3. The Bertz CT molecular complexity index is 1010. The first-order valence-electron chi connectivity index (χ1n) is 8.60. The fourth-order valence-electron chi connectivity index (χ4n) is 4.52. The highest BCUT2D eigenvalue weighted by Gasteiger charge is 2.40. The molecule has 3 atom stereocenters. The Labute approximate surface area is 146 Å². The number of hydrogen-bond acceptors (Lipinski definition) is 3. The number of rotatable bonds is 1. The van der Waals surface area contributed by atoms with Gasteiger partial charge in [-0.3, -0.25) is 0 Å². The van der Waals surface area contributed by atoms with E-state index in [2.05, 4.69) is 33.8 Å². The van der Waals surface area contributed by atoms with Crippen molar-refractivity contribution in [2.45, 2.75) is 25.0 Å². The van der Waals surface area contributed by atoms with Gasteiger partial charge >= 0.3 is 0 Å². The summed E-state index contributed by atoms with van der Waals surface area (Å²) in [7, 11) is 0. The van der Waals surface area contributed by atoms with Crippen LogP contribution in [0.15, 0.2) is 55.0 Å². The number of imidazole rings is 1. The van der Waals surface area contributed by atoms with Crippen molar-refractivity contribution in [3.63, 3.8) is 0 Å². The van der Waals surface area contributed by atoms with Crippen molar-refractivity contribution in [1.29, 1.82) is 5.26 Å². The monoisotopic (exact) mass is 327 g/mol. The average Bonchev–Trinajstić information content (AvgIpc) is 3.23. The summed E-state index contributed by atoms with van der Waals surface area (Å²) in [4.78, 5) is 4.32. The molecular weight excluding hydrogens is 310 g/mol. The number of aliphatic hydroxyl groups excluding tert-OH is 1. The van der Waals surface area contributed by atoms with Crippen LogP contribution in [-0.4, -0.2) is 14.7 Å². The zero-order valence-electron chi connectivity index (χ0n) is 13.6. The molecule has 25 heavy (non-hydrogen) atoms. The minimum Gasteiger partial charge on any atom is -0.388 e. The Morgan fingerprint density at radius 3 is 2.92 bits per heavy atom. The van der Waals surface area contributed by atoms with E-state index in [9.17, 15) is 10.4 Å². The number of aliphatic hydroxyl groups is 1. The van der Waals surface area contributed by atoms with Crippen molar-refractivity contribution in [2.75, 3.05) is 0 Å². The standard InChI is InChI=1S/C21H17N3O/c22-10-13-5-6-14-7-8-17(21(25)18(14)9-13)20-16-4-2-1-3-15(16)19-11-23-12-24(19)20/h1-6,9,11-12,17,20-21,25H,7-8H2/t17-,20?,21+/m1/s1. The Balaban J connectivity index is 1.62. The summed E-state index contributed by atoms with van der Waals surface area (Å²) in [6.07, 6.45) is 5.02. The van der Waals surface area contributed by atoms with Gasteiger partial charge in [0.05, 0.1) is 42.0 Å². The van der Waals surface area contributed by atoms with Gasteiger partial charge in [0.15, 0.2) is 0 Å². The summed E-state index contributed by atoms with van der Waals surface area (Å²) in [5.74, 6) is 0.0676. The Morgan fingerprint density at radius 1 is 1.16 bits per heavy atom. The second-order valence-electron chi connectivity index (χ2n) is 6.89. The van der Waals surface area contributed by atoms with Crippen molar-refractivity contribution in [2.24, 2.45) is 5.92 Å². The molecule has 4 nitrogen and oxygen atoms in total. The maximum atomic E-state index is 11.1. The van der Waals surface area contributed by atoms with E-state index in [1.165, 1.54) is 11.1 Å². The topological polar surface area (TPSA) is 61.8 Å². The number of nitrogens with zero attached hydrogens (tertiary/aromatic N) is 3. The maximum Gasteiger partial charge on any atom is 0.0991 e. The van der Waals surface area contributed by atoms with Gasteiger partial charge in [0.25, 0.3) is 0 Å². The van der Waals surface area contributed by atoms with E-state index in [1.807, 2.05) is 36.8 Å². The second-order valence-corrected chi connectivity index (χ2v) is 6.89. The Kier molecular flexibility index (Phi) is 3.06. The van der Waals surface area contributed by atoms with Crippen LogP contribution in [0.1, 0.15) is 40.8 Å². The lowest BCUT2D eigenvalue weighted by Gasteiger charge is -2.35. The van der Waals surface area contributed by atoms with Gasteiger partial charge in [-0.25, -0.2) is 4.98 Å². The highest BCUT2D eigenvalue weighted by Crippen LogP contribution is 2.49. The zero-order chi connectivity index (χ0) is 17.0. The number of hydrogen-bond donors (Lipinski definition) is 1. The summed E-state index contributed by atoms with van der Waals surface area (Å²) < 4.78 is 2.19. The number of aromatic nitrogens is 2. The van der Waals surface area contributed by atoms with Crippen LogP contribution in [-0.2, 0) is 6.42 Å². The quantitative estimate of drug-likeness (QED) is 0.742. The van der Waals surface area contributed by atoms with Gasteiger partial charge in [-0.2, -0.15) is 5.26 Å². The molecule has 5 rings (SSSR count). The zero-order valence-corrected chi connectivity index (χ0v) is 13.6. The summed E-state index contributed by atoms with van der Waals surface area (Å²) in [5.41, 5.74) is 6.23. The minimum absolute atomic E-state index is 0.0676. The van der Waals surface area contributed by atoms with Gasteiger partial charge in [0.1, 0.15) is 0 Å². The van der Waals surface area contributed by atoms with Gasteiger partial charge in [-0.15, -0.1) is 0 Å². The highest BCUT2D eigenvalue weighted by atomic mass is 16.3. The first-order valence-corrected chi connectivity index (χ1v) is 8.60. The highest BCUT2D eigenvalue weighted by molar-refractivity contribution is 5.69. The molecule has 4 heteroatoms. The number of benzene rings is 2. The summed E-state index contributed by atoms with van der Waals surface area (Å²) in [6, 6.07) is 16.3. The molecule has 0 fully saturated rings. The third-order valence-corrected chi connectivity index (χ3v) is 5.67. The van der Waals surface area contributed by atoms with Gasteiger partial charge < -0.3 is 9.67 Å². The first kappa shape index (κ1) is 14.4. The Morgan fingerprint density at radius 2 is 2.04 bits per heavy atom.